The van der Waals surface area contributed by atoms with Crippen molar-refractivity contribution in [1.29, 1.82) is 0 Å². The Kier molecular flexibility index (Phi) is 5.52. The number of pyridine rings is 1. The molecule has 0 saturated heterocycles. The highest BCUT2D eigenvalue weighted by molar-refractivity contribution is 5.98. The van der Waals surface area contributed by atoms with E-state index >= 15 is 0 Å². The van der Waals surface area contributed by atoms with Crippen LogP contribution in [0.1, 0.15) is 48.9 Å². The summed E-state index contributed by atoms with van der Waals surface area (Å²) in [6.07, 6.45) is 11.2. The lowest BCUT2D eigenvalue weighted by Crippen LogP contribution is -2.43. The molecule has 0 atom stereocenters. The number of nitrogens with zero attached hydrogens (tertiary/aromatic N) is 3. The average molecular weight is 443 g/mol. The van der Waals surface area contributed by atoms with Crippen LogP contribution in [-0.2, 0) is 29.6 Å². The zero-order valence-corrected chi connectivity index (χ0v) is 19.3. The van der Waals surface area contributed by atoms with Crippen LogP contribution in [0.4, 0.5) is 5.82 Å². The van der Waals surface area contributed by atoms with Gasteiger partial charge in [0.25, 0.3) is 0 Å². The van der Waals surface area contributed by atoms with Crippen molar-refractivity contribution in [2.45, 2.75) is 45.1 Å². The Labute approximate surface area is 194 Å². The maximum absolute atomic E-state index is 12.8. The molecule has 3 aromatic rings. The summed E-state index contributed by atoms with van der Waals surface area (Å²) >= 11 is 0. The van der Waals surface area contributed by atoms with E-state index in [9.17, 15) is 9.59 Å². The largest absolute Gasteiger partial charge is 0.346 e. The molecule has 1 fully saturated rings. The molecular weight excluding hydrogens is 412 g/mol. The van der Waals surface area contributed by atoms with E-state index in [4.69, 9.17) is 0 Å². The summed E-state index contributed by atoms with van der Waals surface area (Å²) < 4.78 is 2.13. The SMILES string of the molecule is CN(Cc1cc2ccccc2n1C)C(=O)/C=C/c1cnc2c(c1)CC1(CCCCC1)C(=O)N2. The summed E-state index contributed by atoms with van der Waals surface area (Å²) in [6, 6.07) is 12.4. The quantitative estimate of drug-likeness (QED) is 0.596. The maximum atomic E-state index is 12.8. The van der Waals surface area contributed by atoms with Gasteiger partial charge in [-0.3, -0.25) is 9.59 Å². The molecule has 33 heavy (non-hydrogen) atoms. The van der Waals surface area contributed by atoms with Gasteiger partial charge in [-0.15, -0.1) is 0 Å². The molecule has 170 valence electrons. The normalized spacial score (nSPS) is 17.3. The minimum absolute atomic E-state index is 0.0602. The number of nitrogens with one attached hydrogen (secondary N) is 1. The Morgan fingerprint density at radius 3 is 2.79 bits per heavy atom. The second-order valence-electron chi connectivity index (χ2n) is 9.53. The highest BCUT2D eigenvalue weighted by atomic mass is 16.2. The molecule has 0 unspecified atom stereocenters. The molecule has 1 spiro atoms. The van der Waals surface area contributed by atoms with Gasteiger partial charge in [-0.2, -0.15) is 0 Å². The first-order valence-corrected chi connectivity index (χ1v) is 11.7. The molecule has 2 amide bonds. The summed E-state index contributed by atoms with van der Waals surface area (Å²) in [6.45, 7) is 0.533. The fourth-order valence-electron chi connectivity index (χ4n) is 5.30. The number of likely N-dealkylation sites (N-methyl/N-ethyl adjacent to an activating group) is 1. The van der Waals surface area contributed by atoms with Gasteiger partial charge in [0, 0.05) is 37.6 Å². The van der Waals surface area contributed by atoms with Crippen LogP contribution >= 0.6 is 0 Å². The van der Waals surface area contributed by atoms with Gasteiger partial charge in [0.15, 0.2) is 0 Å². The van der Waals surface area contributed by atoms with Gasteiger partial charge in [0.2, 0.25) is 11.8 Å². The van der Waals surface area contributed by atoms with Gasteiger partial charge >= 0.3 is 0 Å². The maximum Gasteiger partial charge on any atom is 0.246 e. The molecule has 2 aliphatic rings. The monoisotopic (exact) mass is 442 g/mol. The second-order valence-corrected chi connectivity index (χ2v) is 9.53. The van der Waals surface area contributed by atoms with Gasteiger partial charge in [-0.25, -0.2) is 4.98 Å². The van der Waals surface area contributed by atoms with E-state index in [0.717, 1.165) is 54.4 Å². The predicted octanol–water partition coefficient (Wildman–Crippen LogP) is 4.69. The molecule has 2 aromatic heterocycles. The summed E-state index contributed by atoms with van der Waals surface area (Å²) in [4.78, 5) is 31.7. The zero-order valence-electron chi connectivity index (χ0n) is 19.3. The van der Waals surface area contributed by atoms with Gasteiger partial charge in [0.1, 0.15) is 5.82 Å². The molecule has 1 aliphatic carbocycles. The summed E-state index contributed by atoms with van der Waals surface area (Å²) in [5.74, 6) is 0.721. The Balaban J connectivity index is 1.29. The molecule has 5 rings (SSSR count). The van der Waals surface area contributed by atoms with Crippen LogP contribution in [0, 0.1) is 5.41 Å². The molecule has 6 heteroatoms. The molecule has 1 saturated carbocycles. The van der Waals surface area contributed by atoms with Crippen LogP contribution in [0.15, 0.2) is 48.7 Å². The first-order chi connectivity index (χ1) is 15.9. The van der Waals surface area contributed by atoms with Crippen LogP contribution in [0.2, 0.25) is 0 Å². The van der Waals surface area contributed by atoms with Crippen molar-refractivity contribution in [3.8, 4) is 0 Å². The molecular formula is C27H30N4O2. The van der Waals surface area contributed by atoms with E-state index in [1.807, 2.05) is 32.3 Å². The van der Waals surface area contributed by atoms with E-state index in [1.165, 1.54) is 11.8 Å². The number of anilines is 1. The van der Waals surface area contributed by atoms with Crippen LogP contribution in [0.25, 0.3) is 17.0 Å². The summed E-state index contributed by atoms with van der Waals surface area (Å²) in [5.41, 5.74) is 3.90. The summed E-state index contributed by atoms with van der Waals surface area (Å²) in [5, 5.41) is 4.20. The Hall–Kier alpha value is -3.41. The molecule has 1 aliphatic heterocycles. The number of hydrogen-bond donors (Lipinski definition) is 1. The predicted molar refractivity (Wildman–Crippen MR) is 131 cm³/mol. The first kappa shape index (κ1) is 21.4. The number of benzene rings is 1. The Morgan fingerprint density at radius 1 is 1.21 bits per heavy atom. The fraction of sp³-hybridized carbons (Fsp3) is 0.370. The van der Waals surface area contributed by atoms with E-state index in [1.54, 1.807) is 17.2 Å². The van der Waals surface area contributed by atoms with E-state index in [0.29, 0.717) is 12.4 Å². The lowest BCUT2D eigenvalue weighted by atomic mass is 9.68. The van der Waals surface area contributed by atoms with E-state index in [-0.39, 0.29) is 17.2 Å². The number of aryl methyl sites for hydroxylation is 1. The Morgan fingerprint density at radius 2 is 2.00 bits per heavy atom. The van der Waals surface area contributed by atoms with Crippen LogP contribution in [0.3, 0.4) is 0 Å². The van der Waals surface area contributed by atoms with Gasteiger partial charge in [0.05, 0.1) is 12.0 Å². The number of aromatic nitrogens is 2. The number of hydrogen-bond acceptors (Lipinski definition) is 3. The number of fused-ring (bicyclic) bond motifs is 2. The standard InChI is InChI=1S/C27H30N4O2/c1-30(18-22-15-20-8-4-5-9-23(20)31(22)2)24(32)11-10-19-14-21-16-27(12-6-3-7-13-27)26(33)29-25(21)28-17-19/h4-5,8-11,14-15,17H,3,6-7,12-13,16,18H2,1-2H3,(H,28,29,33)/b11-10+. The number of carbonyl (C=O) groups excluding carboxylic acids is 2. The van der Waals surface area contributed by atoms with Gasteiger partial charge in [-0.1, -0.05) is 37.5 Å². The third-order valence-corrected chi connectivity index (χ3v) is 7.29. The average Bonchev–Trinajstić information content (AvgIpc) is 3.14. The van der Waals surface area contributed by atoms with Gasteiger partial charge in [-0.05, 0) is 60.1 Å². The van der Waals surface area contributed by atoms with Crippen molar-refractivity contribution in [3.63, 3.8) is 0 Å². The lowest BCUT2D eigenvalue weighted by Gasteiger charge is -2.39. The highest BCUT2D eigenvalue weighted by Gasteiger charge is 2.43. The van der Waals surface area contributed by atoms with Crippen LogP contribution in [-0.4, -0.2) is 33.3 Å². The second kappa shape index (κ2) is 8.50. The number of amides is 2. The minimum Gasteiger partial charge on any atom is -0.346 e. The zero-order chi connectivity index (χ0) is 23.0. The van der Waals surface area contributed by atoms with Crippen LogP contribution < -0.4 is 5.32 Å². The molecule has 1 aromatic carbocycles. The van der Waals surface area contributed by atoms with Crippen molar-refractivity contribution in [2.75, 3.05) is 12.4 Å². The van der Waals surface area contributed by atoms with E-state index in [2.05, 4.69) is 39.1 Å². The Bertz CT molecular complexity index is 1250. The summed E-state index contributed by atoms with van der Waals surface area (Å²) in [7, 11) is 3.85. The lowest BCUT2D eigenvalue weighted by molar-refractivity contribution is -0.128. The van der Waals surface area contributed by atoms with Crippen molar-refractivity contribution < 1.29 is 9.59 Å². The molecule has 0 radical (unpaired) electrons. The van der Waals surface area contributed by atoms with E-state index < -0.39 is 0 Å². The topological polar surface area (TPSA) is 67.2 Å². The fourth-order valence-corrected chi connectivity index (χ4v) is 5.30. The van der Waals surface area contributed by atoms with Crippen LogP contribution in [0.5, 0.6) is 0 Å². The highest BCUT2D eigenvalue weighted by Crippen LogP contribution is 2.44. The van der Waals surface area contributed by atoms with Crippen molar-refractivity contribution in [1.82, 2.24) is 14.5 Å². The molecule has 0 bridgehead atoms. The number of para-hydroxylation sites is 1. The molecule has 3 heterocycles. The third kappa shape index (κ3) is 4.06. The smallest absolute Gasteiger partial charge is 0.246 e. The molecule has 1 N–H and O–H groups in total. The van der Waals surface area contributed by atoms with Gasteiger partial charge < -0.3 is 14.8 Å². The van der Waals surface area contributed by atoms with Crippen molar-refractivity contribution >= 4 is 34.6 Å². The first-order valence-electron chi connectivity index (χ1n) is 11.7. The number of rotatable bonds is 4. The third-order valence-electron chi connectivity index (χ3n) is 7.29. The minimum atomic E-state index is -0.288. The number of carbonyl (C=O) groups is 2. The molecule has 6 nitrogen and oxygen atoms in total. The van der Waals surface area contributed by atoms with Crippen molar-refractivity contribution in [3.05, 3.63) is 65.5 Å². The van der Waals surface area contributed by atoms with Crippen molar-refractivity contribution in [2.24, 2.45) is 12.5 Å².